The molecule has 4 aromatic rings. The Morgan fingerprint density at radius 1 is 1.10 bits per heavy atom. The first kappa shape index (κ1) is 18.7. The van der Waals surface area contributed by atoms with Crippen LogP contribution in [-0.2, 0) is 24.8 Å². The molecule has 150 valence electrons. The highest BCUT2D eigenvalue weighted by molar-refractivity contribution is 5.78. The molecular formula is C20H22N6O3. The fraction of sp³-hybridized carbons (Fsp3) is 0.300. The summed E-state index contributed by atoms with van der Waals surface area (Å²) < 4.78 is 5.81. The molecule has 0 aliphatic carbocycles. The number of aryl methyl sites for hydroxylation is 3. The summed E-state index contributed by atoms with van der Waals surface area (Å²) in [4.78, 5) is 41.6. The van der Waals surface area contributed by atoms with Crippen molar-refractivity contribution in [1.29, 1.82) is 0 Å². The number of fused-ring (bicyclic) bond motifs is 3. The molecule has 3 heterocycles. The summed E-state index contributed by atoms with van der Waals surface area (Å²) in [6.45, 7) is 5.46. The third-order valence-electron chi connectivity index (χ3n) is 5.44. The molecule has 9 nitrogen and oxygen atoms in total. The van der Waals surface area contributed by atoms with Crippen LogP contribution in [0.1, 0.15) is 23.9 Å². The highest BCUT2D eigenvalue weighted by atomic mass is 16.2. The predicted molar refractivity (Wildman–Crippen MR) is 110 cm³/mol. The van der Waals surface area contributed by atoms with E-state index in [2.05, 4.69) is 24.0 Å². The normalized spacial score (nSPS) is 11.6. The Morgan fingerprint density at radius 3 is 2.34 bits per heavy atom. The lowest BCUT2D eigenvalue weighted by Crippen LogP contribution is -2.42. The molecule has 4 rings (SSSR count). The van der Waals surface area contributed by atoms with Crippen LogP contribution in [0.3, 0.4) is 0 Å². The second-order valence-corrected chi connectivity index (χ2v) is 7.14. The van der Waals surface area contributed by atoms with Crippen molar-refractivity contribution in [3.05, 3.63) is 62.1 Å². The number of carbonyl (C=O) groups excluding carboxylic acids is 1. The lowest BCUT2D eigenvalue weighted by molar-refractivity contribution is -0.118. The molecule has 0 aliphatic heterocycles. The van der Waals surface area contributed by atoms with Crippen LogP contribution >= 0.6 is 0 Å². The molecule has 9 heteroatoms. The molecule has 1 amide bonds. The van der Waals surface area contributed by atoms with Crippen molar-refractivity contribution in [2.45, 2.75) is 33.7 Å². The van der Waals surface area contributed by atoms with Gasteiger partial charge in [0.05, 0.1) is 0 Å². The van der Waals surface area contributed by atoms with E-state index in [0.717, 1.165) is 28.1 Å². The highest BCUT2D eigenvalue weighted by Gasteiger charge is 2.23. The standard InChI is InChI=1S/C20H22N6O3/c1-5-13-6-8-14(9-7-13)25-11(2)12(3)26-16-17(22-19(25)26)23(4)20(29)24(18(16)28)10-15(21)27/h6-9H,5,10H2,1-4H3,(H2,21,27). The first-order chi connectivity index (χ1) is 13.8. The smallest absolute Gasteiger partial charge is 0.332 e. The summed E-state index contributed by atoms with van der Waals surface area (Å²) in [5.74, 6) is -0.228. The number of aromatic nitrogens is 5. The van der Waals surface area contributed by atoms with Crippen molar-refractivity contribution < 1.29 is 4.79 Å². The third kappa shape index (κ3) is 2.61. The number of hydrogen-bond donors (Lipinski definition) is 1. The molecule has 1 aromatic carbocycles. The number of nitrogens with zero attached hydrogens (tertiary/aromatic N) is 5. The van der Waals surface area contributed by atoms with Gasteiger partial charge in [0.25, 0.3) is 5.56 Å². The SMILES string of the molecule is CCc1ccc(-n2c(C)c(C)n3c4c(=O)n(CC(N)=O)c(=O)n(C)c4nc23)cc1. The summed E-state index contributed by atoms with van der Waals surface area (Å²) in [5, 5.41) is 0. The Morgan fingerprint density at radius 2 is 1.76 bits per heavy atom. The second-order valence-electron chi connectivity index (χ2n) is 7.14. The number of rotatable bonds is 4. The second kappa shape index (κ2) is 6.47. The van der Waals surface area contributed by atoms with Gasteiger partial charge in [-0.3, -0.25) is 23.1 Å². The summed E-state index contributed by atoms with van der Waals surface area (Å²) in [5.41, 5.74) is 8.40. The molecule has 0 bridgehead atoms. The molecular weight excluding hydrogens is 372 g/mol. The summed E-state index contributed by atoms with van der Waals surface area (Å²) in [6.07, 6.45) is 0.939. The van der Waals surface area contributed by atoms with Gasteiger partial charge in [0.15, 0.2) is 11.2 Å². The van der Waals surface area contributed by atoms with E-state index in [1.54, 1.807) is 4.40 Å². The summed E-state index contributed by atoms with van der Waals surface area (Å²) in [6, 6.07) is 8.13. The average Bonchev–Trinajstić information content (AvgIpc) is 3.19. The van der Waals surface area contributed by atoms with Crippen LogP contribution in [0.5, 0.6) is 0 Å². The first-order valence-corrected chi connectivity index (χ1v) is 9.33. The van der Waals surface area contributed by atoms with Gasteiger partial charge < -0.3 is 5.73 Å². The Balaban J connectivity index is 2.13. The van der Waals surface area contributed by atoms with Crippen LogP contribution in [0.4, 0.5) is 0 Å². The number of nitrogens with two attached hydrogens (primary N) is 1. The first-order valence-electron chi connectivity index (χ1n) is 9.33. The van der Waals surface area contributed by atoms with Gasteiger partial charge in [-0.2, -0.15) is 4.98 Å². The van der Waals surface area contributed by atoms with E-state index in [0.29, 0.717) is 5.78 Å². The molecule has 29 heavy (non-hydrogen) atoms. The van der Waals surface area contributed by atoms with Crippen LogP contribution in [0, 0.1) is 13.8 Å². The number of benzene rings is 1. The van der Waals surface area contributed by atoms with Crippen molar-refractivity contribution in [3.8, 4) is 5.69 Å². The maximum atomic E-state index is 13.1. The van der Waals surface area contributed by atoms with Crippen LogP contribution in [0.15, 0.2) is 33.9 Å². The van der Waals surface area contributed by atoms with Gasteiger partial charge in [0.2, 0.25) is 11.7 Å². The zero-order valence-corrected chi connectivity index (χ0v) is 16.8. The number of amides is 1. The van der Waals surface area contributed by atoms with Gasteiger partial charge in [-0.1, -0.05) is 19.1 Å². The van der Waals surface area contributed by atoms with Crippen molar-refractivity contribution in [2.75, 3.05) is 0 Å². The van der Waals surface area contributed by atoms with E-state index < -0.39 is 23.7 Å². The molecule has 0 saturated carbocycles. The topological polar surface area (TPSA) is 109 Å². The highest BCUT2D eigenvalue weighted by Crippen LogP contribution is 2.24. The van der Waals surface area contributed by atoms with Gasteiger partial charge in [0.1, 0.15) is 6.54 Å². The molecule has 2 N–H and O–H groups in total. The van der Waals surface area contributed by atoms with E-state index in [-0.39, 0.29) is 11.2 Å². The Hall–Kier alpha value is -3.62. The Kier molecular flexibility index (Phi) is 4.18. The van der Waals surface area contributed by atoms with Crippen LogP contribution in [-0.4, -0.2) is 29.0 Å². The van der Waals surface area contributed by atoms with Crippen molar-refractivity contribution in [3.63, 3.8) is 0 Å². The zero-order valence-electron chi connectivity index (χ0n) is 16.8. The molecule has 0 aliphatic rings. The monoisotopic (exact) mass is 394 g/mol. The van der Waals surface area contributed by atoms with Crippen LogP contribution < -0.4 is 17.0 Å². The fourth-order valence-electron chi connectivity index (χ4n) is 3.74. The van der Waals surface area contributed by atoms with E-state index in [1.165, 1.54) is 17.2 Å². The van der Waals surface area contributed by atoms with Gasteiger partial charge in [-0.25, -0.2) is 9.36 Å². The number of carbonyl (C=O) groups is 1. The third-order valence-corrected chi connectivity index (χ3v) is 5.44. The van der Waals surface area contributed by atoms with Gasteiger partial charge >= 0.3 is 5.69 Å². The number of imidazole rings is 2. The Bertz CT molecular complexity index is 1400. The van der Waals surface area contributed by atoms with E-state index in [9.17, 15) is 14.4 Å². The molecule has 0 saturated heterocycles. The summed E-state index contributed by atoms with van der Waals surface area (Å²) >= 11 is 0. The minimum atomic E-state index is -0.759. The number of hydrogen-bond acceptors (Lipinski definition) is 4. The molecule has 0 radical (unpaired) electrons. The van der Waals surface area contributed by atoms with Gasteiger partial charge in [0, 0.05) is 24.1 Å². The molecule has 0 atom stereocenters. The quantitative estimate of drug-likeness (QED) is 0.552. The lowest BCUT2D eigenvalue weighted by Gasteiger charge is -2.08. The fourth-order valence-corrected chi connectivity index (χ4v) is 3.74. The lowest BCUT2D eigenvalue weighted by atomic mass is 10.1. The van der Waals surface area contributed by atoms with E-state index >= 15 is 0 Å². The minimum Gasteiger partial charge on any atom is -0.368 e. The zero-order chi connectivity index (χ0) is 21.0. The van der Waals surface area contributed by atoms with Crippen molar-refractivity contribution >= 4 is 22.8 Å². The largest absolute Gasteiger partial charge is 0.368 e. The average molecular weight is 394 g/mol. The van der Waals surface area contributed by atoms with E-state index in [1.807, 2.05) is 30.5 Å². The number of primary amides is 1. The van der Waals surface area contributed by atoms with Crippen LogP contribution in [0.2, 0.25) is 0 Å². The van der Waals surface area contributed by atoms with Crippen molar-refractivity contribution in [1.82, 2.24) is 23.1 Å². The minimum absolute atomic E-state index is 0.243. The molecule has 0 unspecified atom stereocenters. The predicted octanol–water partition coefficient (Wildman–Crippen LogP) is 0.803. The van der Waals surface area contributed by atoms with Gasteiger partial charge in [-0.05, 0) is 38.0 Å². The Labute approximate surface area is 165 Å². The summed E-state index contributed by atoms with van der Waals surface area (Å²) in [7, 11) is 1.52. The van der Waals surface area contributed by atoms with E-state index in [4.69, 9.17) is 5.73 Å². The molecule has 3 aromatic heterocycles. The maximum absolute atomic E-state index is 13.1. The maximum Gasteiger partial charge on any atom is 0.332 e. The molecule has 0 spiro atoms. The van der Waals surface area contributed by atoms with Crippen LogP contribution in [0.25, 0.3) is 22.6 Å². The molecule has 0 fully saturated rings. The van der Waals surface area contributed by atoms with Crippen molar-refractivity contribution in [2.24, 2.45) is 12.8 Å². The van der Waals surface area contributed by atoms with Gasteiger partial charge in [-0.15, -0.1) is 0 Å².